The number of fused-ring (bicyclic) bond motifs is 1. The molecule has 98 valence electrons. The van der Waals surface area contributed by atoms with Crippen molar-refractivity contribution in [2.75, 3.05) is 26.0 Å². The van der Waals surface area contributed by atoms with Crippen molar-refractivity contribution in [1.29, 1.82) is 0 Å². The minimum Gasteiger partial charge on any atom is -0.493 e. The molecule has 0 unspecified atom stereocenters. The Balaban J connectivity index is 1.46. The lowest BCUT2D eigenvalue weighted by atomic mass is 10.1. The highest BCUT2D eigenvalue weighted by Gasteiger charge is 2.41. The van der Waals surface area contributed by atoms with Crippen LogP contribution in [-0.4, -0.2) is 30.7 Å². The van der Waals surface area contributed by atoms with Crippen LogP contribution in [0.4, 0.5) is 0 Å². The van der Waals surface area contributed by atoms with Crippen molar-refractivity contribution in [3.05, 3.63) is 29.3 Å². The van der Waals surface area contributed by atoms with Crippen molar-refractivity contribution in [2.45, 2.75) is 30.4 Å². The molecule has 1 aliphatic carbocycles. The van der Waals surface area contributed by atoms with Crippen LogP contribution in [0.1, 0.15) is 24.0 Å². The van der Waals surface area contributed by atoms with Gasteiger partial charge in [-0.05, 0) is 49.3 Å². The Labute approximate surface area is 113 Å². The summed E-state index contributed by atoms with van der Waals surface area (Å²) in [5.74, 6) is 1.09. The molecule has 0 aromatic heterocycles. The minimum absolute atomic E-state index is 0.575. The van der Waals surface area contributed by atoms with Gasteiger partial charge in [-0.2, -0.15) is 11.8 Å². The zero-order valence-corrected chi connectivity index (χ0v) is 11.8. The zero-order valence-electron chi connectivity index (χ0n) is 11.0. The van der Waals surface area contributed by atoms with Crippen LogP contribution in [0, 0.1) is 0 Å². The first-order valence-corrected chi connectivity index (χ1v) is 8.04. The molecule has 2 aliphatic rings. The molecular weight excluding hydrogens is 242 g/mol. The second kappa shape index (κ2) is 5.14. The van der Waals surface area contributed by atoms with Crippen LogP contribution >= 0.6 is 11.8 Å². The molecule has 3 heteroatoms. The summed E-state index contributed by atoms with van der Waals surface area (Å²) in [6.45, 7) is 3.11. The molecule has 0 atom stereocenters. The van der Waals surface area contributed by atoms with Crippen LogP contribution in [0.3, 0.4) is 0 Å². The molecule has 0 radical (unpaired) electrons. The van der Waals surface area contributed by atoms with Gasteiger partial charge in [0.2, 0.25) is 0 Å². The summed E-state index contributed by atoms with van der Waals surface area (Å²) in [7, 11) is 0. The average molecular weight is 263 g/mol. The first-order chi connectivity index (χ1) is 8.81. The molecule has 2 nitrogen and oxygen atoms in total. The van der Waals surface area contributed by atoms with E-state index < -0.39 is 0 Å². The summed E-state index contributed by atoms with van der Waals surface area (Å²) >= 11 is 2.02. The lowest BCUT2D eigenvalue weighted by Crippen LogP contribution is -2.27. The highest BCUT2D eigenvalue weighted by Crippen LogP contribution is 2.46. The van der Waals surface area contributed by atoms with Gasteiger partial charge in [0.25, 0.3) is 0 Å². The Morgan fingerprint density at radius 2 is 2.28 bits per heavy atom. The van der Waals surface area contributed by atoms with Gasteiger partial charge in [0.15, 0.2) is 0 Å². The number of rotatable bonds is 6. The third-order valence-electron chi connectivity index (χ3n) is 4.03. The van der Waals surface area contributed by atoms with E-state index in [-0.39, 0.29) is 0 Å². The Bertz CT molecular complexity index is 429. The van der Waals surface area contributed by atoms with E-state index in [9.17, 15) is 0 Å². The summed E-state index contributed by atoms with van der Waals surface area (Å²) < 4.78 is 6.10. The Morgan fingerprint density at radius 3 is 3.06 bits per heavy atom. The van der Waals surface area contributed by atoms with Crippen LogP contribution < -0.4 is 10.1 Å². The van der Waals surface area contributed by atoms with E-state index in [1.54, 1.807) is 0 Å². The van der Waals surface area contributed by atoms with Crippen molar-refractivity contribution in [1.82, 2.24) is 5.32 Å². The van der Waals surface area contributed by atoms with Gasteiger partial charge >= 0.3 is 0 Å². The van der Waals surface area contributed by atoms with Crippen molar-refractivity contribution < 1.29 is 4.74 Å². The van der Waals surface area contributed by atoms with Gasteiger partial charge in [-0.1, -0.05) is 12.1 Å². The third kappa shape index (κ3) is 2.67. The number of nitrogens with one attached hydrogen (secondary N) is 1. The first kappa shape index (κ1) is 12.4. The largest absolute Gasteiger partial charge is 0.493 e. The number of hydrogen-bond acceptors (Lipinski definition) is 3. The molecule has 0 saturated heterocycles. The van der Waals surface area contributed by atoms with Gasteiger partial charge in [0, 0.05) is 17.7 Å². The second-order valence-corrected chi connectivity index (χ2v) is 6.63. The van der Waals surface area contributed by atoms with Crippen LogP contribution in [0.25, 0.3) is 0 Å². The Kier molecular flexibility index (Phi) is 3.53. The van der Waals surface area contributed by atoms with E-state index in [0.717, 1.165) is 31.7 Å². The normalized spacial score (nSPS) is 19.4. The lowest BCUT2D eigenvalue weighted by Gasteiger charge is -2.13. The molecule has 1 heterocycles. The first-order valence-electron chi connectivity index (χ1n) is 6.82. The van der Waals surface area contributed by atoms with Crippen LogP contribution in [0.2, 0.25) is 0 Å². The van der Waals surface area contributed by atoms with E-state index in [0.29, 0.717) is 4.75 Å². The quantitative estimate of drug-likeness (QED) is 0.797. The van der Waals surface area contributed by atoms with Gasteiger partial charge in [0.1, 0.15) is 5.75 Å². The number of hydrogen-bond donors (Lipinski definition) is 1. The fraction of sp³-hybridized carbons (Fsp3) is 0.600. The molecule has 0 bridgehead atoms. The topological polar surface area (TPSA) is 21.3 Å². The predicted molar refractivity (Wildman–Crippen MR) is 77.7 cm³/mol. The van der Waals surface area contributed by atoms with Crippen molar-refractivity contribution >= 4 is 11.8 Å². The maximum absolute atomic E-state index is 5.53. The molecule has 18 heavy (non-hydrogen) atoms. The van der Waals surface area contributed by atoms with E-state index in [1.165, 1.54) is 30.5 Å². The molecule has 1 N–H and O–H groups in total. The lowest BCUT2D eigenvalue weighted by molar-refractivity contribution is 0.357. The van der Waals surface area contributed by atoms with Gasteiger partial charge in [-0.15, -0.1) is 0 Å². The molecule has 1 saturated carbocycles. The monoisotopic (exact) mass is 263 g/mol. The highest BCUT2D eigenvalue weighted by atomic mass is 32.2. The maximum atomic E-state index is 5.53. The van der Waals surface area contributed by atoms with Gasteiger partial charge in [0.05, 0.1) is 6.61 Å². The number of thioether (sulfide) groups is 1. The van der Waals surface area contributed by atoms with Crippen molar-refractivity contribution in [2.24, 2.45) is 0 Å². The fourth-order valence-electron chi connectivity index (χ4n) is 2.54. The molecule has 1 aromatic rings. The number of ether oxygens (including phenoxy) is 1. The zero-order chi connectivity index (χ0) is 12.4. The van der Waals surface area contributed by atoms with Gasteiger partial charge in [-0.3, -0.25) is 0 Å². The molecule has 0 amide bonds. The highest BCUT2D eigenvalue weighted by molar-refractivity contribution is 8.00. The predicted octanol–water partition coefficient (Wildman–Crippen LogP) is 2.65. The standard InChI is InChI=1S/C15H21NOS/c1-18-15(6-7-15)11-16-8-4-12-2-3-14-13(10-12)5-9-17-14/h2-3,10,16H,4-9,11H2,1H3. The summed E-state index contributed by atoms with van der Waals surface area (Å²) in [6, 6.07) is 6.64. The van der Waals surface area contributed by atoms with Crippen LogP contribution in [0.15, 0.2) is 18.2 Å². The van der Waals surface area contributed by atoms with Crippen LogP contribution in [0.5, 0.6) is 5.75 Å². The summed E-state index contributed by atoms with van der Waals surface area (Å²) in [5, 5.41) is 3.60. The fourth-order valence-corrected chi connectivity index (χ4v) is 3.29. The smallest absolute Gasteiger partial charge is 0.122 e. The molecule has 1 aliphatic heterocycles. The van der Waals surface area contributed by atoms with Crippen molar-refractivity contribution in [3.63, 3.8) is 0 Å². The minimum atomic E-state index is 0.575. The van der Waals surface area contributed by atoms with E-state index >= 15 is 0 Å². The summed E-state index contributed by atoms with van der Waals surface area (Å²) in [4.78, 5) is 0. The van der Waals surface area contributed by atoms with E-state index in [4.69, 9.17) is 4.74 Å². The summed E-state index contributed by atoms with van der Waals surface area (Å²) in [6.07, 6.45) is 7.20. The Morgan fingerprint density at radius 1 is 1.39 bits per heavy atom. The Hall–Kier alpha value is -0.670. The second-order valence-electron chi connectivity index (χ2n) is 5.35. The average Bonchev–Trinajstić information content (AvgIpc) is 3.03. The van der Waals surface area contributed by atoms with E-state index in [1.807, 2.05) is 11.8 Å². The molecular formula is C15H21NOS. The molecule has 0 spiro atoms. The molecule has 1 fully saturated rings. The van der Waals surface area contributed by atoms with Gasteiger partial charge < -0.3 is 10.1 Å². The molecule has 1 aromatic carbocycles. The van der Waals surface area contributed by atoms with Crippen molar-refractivity contribution in [3.8, 4) is 5.75 Å². The SMILES string of the molecule is CSC1(CNCCc2ccc3c(c2)CCO3)CC1. The van der Waals surface area contributed by atoms with E-state index in [2.05, 4.69) is 29.8 Å². The number of benzene rings is 1. The third-order valence-corrected chi connectivity index (χ3v) is 5.45. The van der Waals surface area contributed by atoms with Gasteiger partial charge in [-0.25, -0.2) is 0 Å². The molecule has 3 rings (SSSR count). The maximum Gasteiger partial charge on any atom is 0.122 e. The summed E-state index contributed by atoms with van der Waals surface area (Å²) in [5.41, 5.74) is 2.82. The van der Waals surface area contributed by atoms with Crippen LogP contribution in [-0.2, 0) is 12.8 Å².